The van der Waals surface area contributed by atoms with Gasteiger partial charge in [0.2, 0.25) is 0 Å². The van der Waals surface area contributed by atoms with E-state index in [0.717, 1.165) is 18.2 Å². The number of allylic oxidation sites excluding steroid dienone is 2. The molecule has 0 radical (unpaired) electrons. The predicted molar refractivity (Wildman–Crippen MR) is 67.5 cm³/mol. The van der Waals surface area contributed by atoms with Crippen LogP contribution in [-0.4, -0.2) is 10.3 Å². The van der Waals surface area contributed by atoms with Crippen molar-refractivity contribution in [2.24, 2.45) is 0 Å². The number of nitrogens with zero attached hydrogens (tertiary/aromatic N) is 1. The van der Waals surface area contributed by atoms with Crippen LogP contribution < -0.4 is 0 Å². The Labute approximate surface area is 98.4 Å². The van der Waals surface area contributed by atoms with Gasteiger partial charge >= 0.3 is 0 Å². The average molecular weight is 274 g/mol. The van der Waals surface area contributed by atoms with Gasteiger partial charge in [-0.25, -0.2) is 4.98 Å². The van der Waals surface area contributed by atoms with Gasteiger partial charge in [-0.05, 0) is 27.2 Å². The molecular formula is C11H16BrNS. The maximum absolute atomic E-state index is 4.52. The van der Waals surface area contributed by atoms with E-state index in [-0.39, 0.29) is 0 Å². The van der Waals surface area contributed by atoms with Gasteiger partial charge < -0.3 is 0 Å². The molecule has 0 aliphatic carbocycles. The van der Waals surface area contributed by atoms with Crippen LogP contribution in [0.15, 0.2) is 11.6 Å². The minimum atomic E-state index is 1.01. The summed E-state index contributed by atoms with van der Waals surface area (Å²) in [5.41, 5.74) is 2.59. The van der Waals surface area contributed by atoms with Crippen molar-refractivity contribution in [3.63, 3.8) is 0 Å². The van der Waals surface area contributed by atoms with Crippen molar-refractivity contribution in [2.75, 3.05) is 5.33 Å². The van der Waals surface area contributed by atoms with Gasteiger partial charge in [0, 0.05) is 16.6 Å². The fraction of sp³-hybridized carbons (Fsp3) is 0.545. The summed E-state index contributed by atoms with van der Waals surface area (Å²) in [4.78, 5) is 5.87. The van der Waals surface area contributed by atoms with E-state index >= 15 is 0 Å². The monoisotopic (exact) mass is 273 g/mol. The van der Waals surface area contributed by atoms with Gasteiger partial charge in [0.15, 0.2) is 0 Å². The Hall–Kier alpha value is -0.150. The molecule has 0 spiro atoms. The summed E-state index contributed by atoms with van der Waals surface area (Å²) in [6.07, 6.45) is 4.39. The van der Waals surface area contributed by atoms with Gasteiger partial charge in [0.1, 0.15) is 0 Å². The minimum absolute atomic E-state index is 1.01. The number of aryl methyl sites for hydroxylation is 2. The summed E-state index contributed by atoms with van der Waals surface area (Å²) < 4.78 is 0. The second-order valence-corrected chi connectivity index (χ2v) is 5.53. The van der Waals surface area contributed by atoms with E-state index in [0.29, 0.717) is 0 Å². The van der Waals surface area contributed by atoms with Gasteiger partial charge in [-0.1, -0.05) is 27.6 Å². The normalized spacial score (nSPS) is 12.1. The number of rotatable bonds is 4. The fourth-order valence-electron chi connectivity index (χ4n) is 1.23. The Morgan fingerprint density at radius 1 is 1.50 bits per heavy atom. The van der Waals surface area contributed by atoms with Crippen molar-refractivity contribution in [3.05, 3.63) is 27.2 Å². The second-order valence-electron chi connectivity index (χ2n) is 3.45. The molecule has 0 aromatic carbocycles. The van der Waals surface area contributed by atoms with E-state index < -0.39 is 0 Å². The van der Waals surface area contributed by atoms with Crippen molar-refractivity contribution < 1.29 is 0 Å². The Kier molecular flexibility index (Phi) is 4.82. The quantitative estimate of drug-likeness (QED) is 0.596. The number of hydrogen-bond acceptors (Lipinski definition) is 2. The molecule has 14 heavy (non-hydrogen) atoms. The maximum atomic E-state index is 4.52. The van der Waals surface area contributed by atoms with Gasteiger partial charge in [0.05, 0.1) is 10.7 Å². The van der Waals surface area contributed by atoms with Crippen LogP contribution in [-0.2, 0) is 6.42 Å². The highest BCUT2D eigenvalue weighted by Crippen LogP contribution is 2.19. The van der Waals surface area contributed by atoms with E-state index in [1.807, 2.05) is 11.3 Å². The summed E-state index contributed by atoms with van der Waals surface area (Å²) in [5, 5.41) is 2.28. The van der Waals surface area contributed by atoms with Crippen LogP contribution in [0.2, 0.25) is 0 Å². The first-order valence-electron chi connectivity index (χ1n) is 4.78. The SMILES string of the molecule is CC(=CCCBr)Cc1nc(C)c(C)s1. The molecule has 0 saturated carbocycles. The van der Waals surface area contributed by atoms with Crippen LogP contribution in [0, 0.1) is 13.8 Å². The molecular weight excluding hydrogens is 258 g/mol. The predicted octanol–water partition coefficient (Wildman–Crippen LogP) is 4.03. The highest BCUT2D eigenvalue weighted by atomic mass is 79.9. The molecule has 0 aliphatic rings. The molecule has 0 aliphatic heterocycles. The zero-order chi connectivity index (χ0) is 10.6. The molecule has 0 unspecified atom stereocenters. The molecule has 1 nitrogen and oxygen atoms in total. The van der Waals surface area contributed by atoms with Crippen molar-refractivity contribution in [3.8, 4) is 0 Å². The third-order valence-electron chi connectivity index (χ3n) is 2.10. The van der Waals surface area contributed by atoms with E-state index in [2.05, 4.69) is 47.8 Å². The molecule has 78 valence electrons. The number of aromatic nitrogens is 1. The maximum Gasteiger partial charge on any atom is 0.0971 e. The van der Waals surface area contributed by atoms with Crippen LogP contribution in [0.3, 0.4) is 0 Å². The molecule has 0 atom stereocenters. The first kappa shape index (κ1) is 11.9. The topological polar surface area (TPSA) is 12.9 Å². The highest BCUT2D eigenvalue weighted by molar-refractivity contribution is 9.09. The second kappa shape index (κ2) is 5.66. The van der Waals surface area contributed by atoms with E-state index in [9.17, 15) is 0 Å². The molecule has 1 aromatic rings. The van der Waals surface area contributed by atoms with Gasteiger partial charge in [-0.2, -0.15) is 0 Å². The molecule has 0 bridgehead atoms. The van der Waals surface area contributed by atoms with Crippen LogP contribution >= 0.6 is 27.3 Å². The van der Waals surface area contributed by atoms with Gasteiger partial charge in [0.25, 0.3) is 0 Å². The zero-order valence-electron chi connectivity index (χ0n) is 8.93. The molecule has 3 heteroatoms. The summed E-state index contributed by atoms with van der Waals surface area (Å²) >= 11 is 5.23. The lowest BCUT2D eigenvalue weighted by atomic mass is 10.2. The Morgan fingerprint density at radius 3 is 2.71 bits per heavy atom. The number of halogens is 1. The zero-order valence-corrected chi connectivity index (χ0v) is 11.3. The largest absolute Gasteiger partial charge is 0.246 e. The van der Waals surface area contributed by atoms with Gasteiger partial charge in [-0.15, -0.1) is 11.3 Å². The standard InChI is InChI=1S/C11H16BrNS/c1-8(5-4-6-12)7-11-13-9(2)10(3)14-11/h5H,4,6-7H2,1-3H3. The third-order valence-corrected chi connectivity index (χ3v) is 3.64. The Morgan fingerprint density at radius 2 is 2.21 bits per heavy atom. The summed E-state index contributed by atoms with van der Waals surface area (Å²) in [6.45, 7) is 6.38. The van der Waals surface area contributed by atoms with Crippen LogP contribution in [0.1, 0.15) is 28.9 Å². The lowest BCUT2D eigenvalue weighted by Gasteiger charge is -1.96. The highest BCUT2D eigenvalue weighted by Gasteiger charge is 2.03. The molecule has 1 heterocycles. The molecule has 0 amide bonds. The minimum Gasteiger partial charge on any atom is -0.246 e. The molecule has 0 fully saturated rings. The van der Waals surface area contributed by atoms with E-state index in [4.69, 9.17) is 0 Å². The number of thiazole rings is 1. The Balaban J connectivity index is 2.60. The summed E-state index contributed by atoms with van der Waals surface area (Å²) in [7, 11) is 0. The van der Waals surface area contributed by atoms with E-state index in [1.165, 1.54) is 21.2 Å². The summed E-state index contributed by atoms with van der Waals surface area (Å²) in [5.74, 6) is 0. The lowest BCUT2D eigenvalue weighted by molar-refractivity contribution is 1.05. The van der Waals surface area contributed by atoms with Gasteiger partial charge in [-0.3, -0.25) is 0 Å². The van der Waals surface area contributed by atoms with E-state index in [1.54, 1.807) is 0 Å². The Bertz CT molecular complexity index is 309. The smallest absolute Gasteiger partial charge is 0.0971 e. The summed E-state index contributed by atoms with van der Waals surface area (Å²) in [6, 6.07) is 0. The lowest BCUT2D eigenvalue weighted by Crippen LogP contribution is -1.86. The molecule has 1 aromatic heterocycles. The third kappa shape index (κ3) is 3.54. The van der Waals surface area contributed by atoms with Crippen LogP contribution in [0.25, 0.3) is 0 Å². The average Bonchev–Trinajstić information content (AvgIpc) is 2.42. The molecule has 0 saturated heterocycles. The van der Waals surface area contributed by atoms with Crippen LogP contribution in [0.5, 0.6) is 0 Å². The first-order valence-corrected chi connectivity index (χ1v) is 6.71. The molecule has 0 N–H and O–H groups in total. The van der Waals surface area contributed by atoms with Crippen molar-refractivity contribution in [1.82, 2.24) is 4.98 Å². The fourth-order valence-corrected chi connectivity index (χ4v) is 2.48. The number of hydrogen-bond donors (Lipinski definition) is 0. The van der Waals surface area contributed by atoms with Crippen molar-refractivity contribution in [2.45, 2.75) is 33.6 Å². The van der Waals surface area contributed by atoms with Crippen LogP contribution in [0.4, 0.5) is 0 Å². The first-order chi connectivity index (χ1) is 6.63. The molecule has 1 rings (SSSR count). The number of alkyl halides is 1. The van der Waals surface area contributed by atoms with Crippen molar-refractivity contribution >= 4 is 27.3 Å². The van der Waals surface area contributed by atoms with Crippen molar-refractivity contribution in [1.29, 1.82) is 0 Å².